The lowest BCUT2D eigenvalue weighted by atomic mass is 10.2. The van der Waals surface area contributed by atoms with Crippen molar-refractivity contribution in [3.63, 3.8) is 0 Å². The molecule has 0 saturated carbocycles. The highest BCUT2D eigenvalue weighted by Crippen LogP contribution is 2.26. The average molecular weight is 251 g/mol. The number of carboxylic acids is 2. The zero-order chi connectivity index (χ0) is 13.4. The Morgan fingerprint density at radius 3 is 1.44 bits per heavy atom. The van der Waals surface area contributed by atoms with Crippen molar-refractivity contribution < 1.29 is 24.4 Å². The number of carboxylic acid groups (broad SMARTS) is 2. The molecule has 1 aliphatic rings. The SMILES string of the molecule is CN1CC1(C)C.O=C(O)CCC(=O)O.O=P. The minimum absolute atomic E-state index is 0.296. The Labute approximate surface area is 96.9 Å². The molecule has 0 aliphatic carbocycles. The second kappa shape index (κ2) is 8.19. The zero-order valence-corrected chi connectivity index (χ0v) is 10.7. The average Bonchev–Trinajstić information content (AvgIpc) is 2.72. The largest absolute Gasteiger partial charge is 0.481 e. The first-order chi connectivity index (χ1) is 7.25. The summed E-state index contributed by atoms with van der Waals surface area (Å²) >= 11 is 0. The Morgan fingerprint density at radius 2 is 1.38 bits per heavy atom. The molecular formula is C9H18NO5P. The molecule has 1 unspecified atom stereocenters. The van der Waals surface area contributed by atoms with Crippen LogP contribution in [-0.2, 0) is 14.2 Å². The maximum atomic E-state index is 9.64. The van der Waals surface area contributed by atoms with Gasteiger partial charge in [0.1, 0.15) is 9.12 Å². The van der Waals surface area contributed by atoms with Crippen LogP contribution in [-0.4, -0.2) is 46.2 Å². The first kappa shape index (κ1) is 17.4. The molecular weight excluding hydrogens is 233 g/mol. The molecule has 0 bridgehead atoms. The van der Waals surface area contributed by atoms with E-state index in [1.54, 1.807) is 9.12 Å². The quantitative estimate of drug-likeness (QED) is 0.576. The Balaban J connectivity index is 0. The predicted molar refractivity (Wildman–Crippen MR) is 60.2 cm³/mol. The lowest BCUT2D eigenvalue weighted by Crippen LogP contribution is -2.02. The van der Waals surface area contributed by atoms with Gasteiger partial charge in [0.05, 0.1) is 12.8 Å². The number of rotatable bonds is 3. The molecule has 1 aliphatic heterocycles. The van der Waals surface area contributed by atoms with Gasteiger partial charge in [-0.25, -0.2) is 0 Å². The van der Waals surface area contributed by atoms with Gasteiger partial charge in [0.25, 0.3) is 0 Å². The number of nitrogens with zero attached hydrogens (tertiary/aromatic N) is 1. The van der Waals surface area contributed by atoms with E-state index in [-0.39, 0.29) is 12.8 Å². The summed E-state index contributed by atoms with van der Waals surface area (Å²) < 4.78 is 8.06. The molecule has 0 radical (unpaired) electrons. The molecule has 0 amide bonds. The van der Waals surface area contributed by atoms with Crippen molar-refractivity contribution in [1.29, 1.82) is 0 Å². The third-order valence-electron chi connectivity index (χ3n) is 2.11. The van der Waals surface area contributed by atoms with Crippen LogP contribution in [0.15, 0.2) is 0 Å². The molecule has 94 valence electrons. The van der Waals surface area contributed by atoms with Gasteiger partial charge in [-0.2, -0.15) is 0 Å². The van der Waals surface area contributed by atoms with Crippen molar-refractivity contribution >= 4 is 21.1 Å². The minimum atomic E-state index is -1.08. The third-order valence-corrected chi connectivity index (χ3v) is 2.11. The van der Waals surface area contributed by atoms with Crippen LogP contribution in [0.2, 0.25) is 0 Å². The highest BCUT2D eigenvalue weighted by molar-refractivity contribution is 7.00. The van der Waals surface area contributed by atoms with Gasteiger partial charge in [-0.15, -0.1) is 0 Å². The topological polar surface area (TPSA) is 94.7 Å². The van der Waals surface area contributed by atoms with Crippen LogP contribution < -0.4 is 0 Å². The molecule has 16 heavy (non-hydrogen) atoms. The molecule has 7 heteroatoms. The summed E-state index contributed by atoms with van der Waals surface area (Å²) in [5.74, 6) is -2.15. The highest BCUT2D eigenvalue weighted by atomic mass is 31.0. The molecule has 0 aromatic rings. The minimum Gasteiger partial charge on any atom is -0.481 e. The molecule has 1 atom stereocenters. The second-order valence-electron chi connectivity index (χ2n) is 3.96. The fourth-order valence-electron chi connectivity index (χ4n) is 0.759. The fraction of sp³-hybridized carbons (Fsp3) is 0.778. The first-order valence-corrected chi connectivity index (χ1v) is 5.02. The molecule has 6 nitrogen and oxygen atoms in total. The lowest BCUT2D eigenvalue weighted by molar-refractivity contribution is -0.143. The van der Waals surface area contributed by atoms with Crippen molar-refractivity contribution in [2.75, 3.05) is 13.6 Å². The molecule has 2 N–H and O–H groups in total. The van der Waals surface area contributed by atoms with Gasteiger partial charge < -0.3 is 10.2 Å². The summed E-state index contributed by atoms with van der Waals surface area (Å²) in [6.07, 6.45) is -0.593. The highest BCUT2D eigenvalue weighted by Gasteiger charge is 2.38. The fourth-order valence-corrected chi connectivity index (χ4v) is 0.759. The van der Waals surface area contributed by atoms with Crippen molar-refractivity contribution in [2.45, 2.75) is 32.2 Å². The number of carbonyl (C=O) groups is 2. The molecule has 0 aromatic heterocycles. The maximum absolute atomic E-state index is 9.64. The molecule has 1 fully saturated rings. The predicted octanol–water partition coefficient (Wildman–Crippen LogP) is 1.12. The number of hydrogen-bond donors (Lipinski definition) is 2. The van der Waals surface area contributed by atoms with E-state index in [0.29, 0.717) is 5.54 Å². The van der Waals surface area contributed by atoms with Crippen LogP contribution in [0, 0.1) is 0 Å². The normalized spacial score (nSPS) is 19.3. The summed E-state index contributed by atoms with van der Waals surface area (Å²) in [6, 6.07) is 0. The van der Waals surface area contributed by atoms with Crippen LogP contribution in [0.1, 0.15) is 26.7 Å². The van der Waals surface area contributed by atoms with Gasteiger partial charge in [0.2, 0.25) is 0 Å². The summed E-state index contributed by atoms with van der Waals surface area (Å²) in [4.78, 5) is 21.6. The molecule has 1 rings (SSSR count). The smallest absolute Gasteiger partial charge is 0.303 e. The third kappa shape index (κ3) is 11.1. The van der Waals surface area contributed by atoms with Gasteiger partial charge in [-0.1, -0.05) is 0 Å². The van der Waals surface area contributed by atoms with Crippen molar-refractivity contribution in [3.8, 4) is 0 Å². The monoisotopic (exact) mass is 251 g/mol. The first-order valence-electron chi connectivity index (χ1n) is 4.61. The summed E-state index contributed by atoms with van der Waals surface area (Å²) in [7, 11) is 3.86. The van der Waals surface area contributed by atoms with E-state index >= 15 is 0 Å². The van der Waals surface area contributed by atoms with E-state index in [4.69, 9.17) is 14.8 Å². The lowest BCUT2D eigenvalue weighted by Gasteiger charge is -1.93. The molecule has 0 spiro atoms. The number of hydrogen-bond acceptors (Lipinski definition) is 4. The van der Waals surface area contributed by atoms with E-state index in [9.17, 15) is 9.59 Å². The summed E-state index contributed by atoms with van der Waals surface area (Å²) in [6.45, 7) is 5.76. The zero-order valence-electron chi connectivity index (χ0n) is 9.69. The second-order valence-corrected chi connectivity index (χ2v) is 3.96. The van der Waals surface area contributed by atoms with Crippen molar-refractivity contribution in [3.05, 3.63) is 0 Å². The Morgan fingerprint density at radius 1 is 1.19 bits per heavy atom. The Kier molecular flexibility index (Phi) is 8.90. The Hall–Kier alpha value is -1.00. The van der Waals surface area contributed by atoms with E-state index in [2.05, 4.69) is 25.8 Å². The number of aliphatic carboxylic acids is 2. The van der Waals surface area contributed by atoms with Gasteiger partial charge in [0, 0.05) is 12.1 Å². The van der Waals surface area contributed by atoms with Gasteiger partial charge in [-0.05, 0) is 20.9 Å². The van der Waals surface area contributed by atoms with E-state index in [1.165, 1.54) is 6.54 Å². The maximum Gasteiger partial charge on any atom is 0.303 e. The van der Waals surface area contributed by atoms with Crippen LogP contribution in [0.4, 0.5) is 0 Å². The summed E-state index contributed by atoms with van der Waals surface area (Å²) in [5.41, 5.74) is 0.542. The van der Waals surface area contributed by atoms with Crippen LogP contribution in [0.5, 0.6) is 0 Å². The van der Waals surface area contributed by atoms with Crippen LogP contribution in [0.3, 0.4) is 0 Å². The van der Waals surface area contributed by atoms with E-state index in [1.807, 2.05) is 0 Å². The van der Waals surface area contributed by atoms with Crippen molar-refractivity contribution in [1.82, 2.24) is 4.90 Å². The molecule has 1 saturated heterocycles. The standard InChI is InChI=1S/C5H11N.C4H6O4.HOP/c1-5(2)4-6(5)3;5-3(6)1-2-4(7)8;1-2/h4H2,1-3H3;1-2H2,(H,5,6)(H,7,8);2H. The summed E-state index contributed by atoms with van der Waals surface area (Å²) in [5, 5.41) is 15.8. The van der Waals surface area contributed by atoms with Gasteiger partial charge in [-0.3, -0.25) is 19.1 Å². The van der Waals surface area contributed by atoms with Crippen LogP contribution in [0.25, 0.3) is 0 Å². The van der Waals surface area contributed by atoms with E-state index < -0.39 is 11.9 Å². The van der Waals surface area contributed by atoms with E-state index in [0.717, 1.165) is 0 Å². The number of likely N-dealkylation sites (N-methyl/N-ethyl adjacent to an activating group) is 1. The van der Waals surface area contributed by atoms with Gasteiger partial charge >= 0.3 is 11.9 Å². The van der Waals surface area contributed by atoms with Crippen molar-refractivity contribution in [2.24, 2.45) is 0 Å². The van der Waals surface area contributed by atoms with Gasteiger partial charge in [0.15, 0.2) is 0 Å². The Bertz CT molecular complexity index is 230. The molecule has 1 heterocycles. The van der Waals surface area contributed by atoms with Crippen LogP contribution >= 0.6 is 9.12 Å². The molecule has 0 aromatic carbocycles.